The number of aryl methyl sites for hydroxylation is 1. The van der Waals surface area contributed by atoms with Gasteiger partial charge in [-0.15, -0.1) is 0 Å². The first-order chi connectivity index (χ1) is 8.15. The molecular weight excluding hydrogens is 214 g/mol. The Morgan fingerprint density at radius 1 is 1.53 bits per heavy atom. The number of benzene rings is 1. The van der Waals surface area contributed by atoms with Crippen molar-refractivity contribution in [2.45, 2.75) is 20.3 Å². The average Bonchev–Trinajstić information content (AvgIpc) is 2.28. The average molecular weight is 229 g/mol. The van der Waals surface area contributed by atoms with Gasteiger partial charge in [-0.3, -0.25) is 4.79 Å². The fraction of sp³-hybridized carbons (Fsp3) is 0.308. The molecule has 1 aromatic rings. The molecule has 0 atom stereocenters. The fourth-order valence-corrected chi connectivity index (χ4v) is 1.58. The number of carbonyl (C=O) groups is 1. The summed E-state index contributed by atoms with van der Waals surface area (Å²) in [5, 5.41) is 3.44. The lowest BCUT2D eigenvalue weighted by atomic mass is 10.0. The Morgan fingerprint density at radius 2 is 2.29 bits per heavy atom. The van der Waals surface area contributed by atoms with Crippen LogP contribution < -0.4 is 0 Å². The number of ketones is 1. The lowest BCUT2D eigenvalue weighted by Gasteiger charge is -2.02. The molecular formula is C13H15N3O. The molecule has 4 heteroatoms. The minimum absolute atomic E-state index is 0.0846. The molecule has 0 fully saturated rings. The molecule has 0 bridgehead atoms. The topological polar surface area (TPSA) is 65.8 Å². The first kappa shape index (κ1) is 13.0. The number of Topliss-reactive ketones (excluding diaryl/α,β-unsaturated/α-hetero) is 1. The molecule has 88 valence electrons. The maximum absolute atomic E-state index is 11.2. The molecule has 4 nitrogen and oxygen atoms in total. The maximum Gasteiger partial charge on any atom is 0.160 e. The van der Waals surface area contributed by atoms with E-state index in [-0.39, 0.29) is 5.78 Å². The van der Waals surface area contributed by atoms with E-state index < -0.39 is 0 Å². The van der Waals surface area contributed by atoms with Crippen molar-refractivity contribution < 1.29 is 4.79 Å². The Labute approximate surface area is 101 Å². The first-order valence-electron chi connectivity index (χ1n) is 5.44. The van der Waals surface area contributed by atoms with Crippen LogP contribution in [-0.2, 0) is 0 Å². The van der Waals surface area contributed by atoms with E-state index in [1.165, 1.54) is 0 Å². The summed E-state index contributed by atoms with van der Waals surface area (Å²) < 4.78 is 0. The van der Waals surface area contributed by atoms with Gasteiger partial charge in [-0.25, -0.2) is 0 Å². The highest BCUT2D eigenvalue weighted by atomic mass is 16.1. The van der Waals surface area contributed by atoms with E-state index >= 15 is 0 Å². The summed E-state index contributed by atoms with van der Waals surface area (Å²) in [5.74, 6) is 0.0846. The standard InChI is InChI=1S/C13H15N3O/c1-10-9-12(5-3-4-8-15-16-14)6-7-13(10)11(2)17/h3,5-7,9H,4,8H2,1-2H3. The zero-order chi connectivity index (χ0) is 12.7. The van der Waals surface area contributed by atoms with E-state index in [1.807, 2.05) is 37.3 Å². The van der Waals surface area contributed by atoms with Crippen molar-refractivity contribution in [2.75, 3.05) is 6.54 Å². The highest BCUT2D eigenvalue weighted by Crippen LogP contribution is 2.13. The van der Waals surface area contributed by atoms with Gasteiger partial charge in [-0.2, -0.15) is 0 Å². The van der Waals surface area contributed by atoms with Crippen LogP contribution in [0.5, 0.6) is 0 Å². The van der Waals surface area contributed by atoms with E-state index in [1.54, 1.807) is 6.92 Å². The number of azide groups is 1. The van der Waals surface area contributed by atoms with Crippen molar-refractivity contribution in [3.05, 3.63) is 51.4 Å². The van der Waals surface area contributed by atoms with Crippen molar-refractivity contribution in [3.8, 4) is 0 Å². The molecule has 0 aromatic heterocycles. The van der Waals surface area contributed by atoms with Crippen molar-refractivity contribution in [2.24, 2.45) is 5.11 Å². The van der Waals surface area contributed by atoms with Gasteiger partial charge in [0, 0.05) is 17.0 Å². The molecule has 0 heterocycles. The molecule has 0 radical (unpaired) electrons. The molecule has 17 heavy (non-hydrogen) atoms. The van der Waals surface area contributed by atoms with Gasteiger partial charge in [-0.05, 0) is 36.9 Å². The lowest BCUT2D eigenvalue weighted by Crippen LogP contribution is -1.95. The van der Waals surface area contributed by atoms with Crippen LogP contribution in [0, 0.1) is 6.92 Å². The van der Waals surface area contributed by atoms with Crippen molar-refractivity contribution >= 4 is 11.9 Å². The summed E-state index contributed by atoms with van der Waals surface area (Å²) in [6.45, 7) is 3.96. The minimum Gasteiger partial charge on any atom is -0.295 e. The summed E-state index contributed by atoms with van der Waals surface area (Å²) in [4.78, 5) is 13.9. The molecule has 0 saturated heterocycles. The largest absolute Gasteiger partial charge is 0.295 e. The Bertz CT molecular complexity index is 485. The number of carbonyl (C=O) groups excluding carboxylic acids is 1. The monoisotopic (exact) mass is 229 g/mol. The van der Waals surface area contributed by atoms with Crippen molar-refractivity contribution in [3.63, 3.8) is 0 Å². The van der Waals surface area contributed by atoms with E-state index in [4.69, 9.17) is 5.53 Å². The Hall–Kier alpha value is -2.06. The molecule has 0 spiro atoms. The minimum atomic E-state index is 0.0846. The zero-order valence-electron chi connectivity index (χ0n) is 10.1. The Balaban J connectivity index is 2.70. The molecule has 1 aromatic carbocycles. The van der Waals surface area contributed by atoms with Crippen LogP contribution >= 0.6 is 0 Å². The summed E-state index contributed by atoms with van der Waals surface area (Å²) in [6.07, 6.45) is 4.64. The molecule has 0 aliphatic rings. The molecule has 0 amide bonds. The highest BCUT2D eigenvalue weighted by molar-refractivity contribution is 5.95. The smallest absolute Gasteiger partial charge is 0.160 e. The molecule has 0 unspecified atom stereocenters. The van der Waals surface area contributed by atoms with Gasteiger partial charge in [0.15, 0.2) is 5.78 Å². The fourth-order valence-electron chi connectivity index (χ4n) is 1.58. The zero-order valence-corrected chi connectivity index (χ0v) is 10.1. The second kappa shape index (κ2) is 6.51. The van der Waals surface area contributed by atoms with Crippen LogP contribution in [0.1, 0.15) is 34.8 Å². The van der Waals surface area contributed by atoms with Crippen LogP contribution in [-0.4, -0.2) is 12.3 Å². The van der Waals surface area contributed by atoms with Gasteiger partial charge >= 0.3 is 0 Å². The molecule has 1 rings (SSSR count). The second-order valence-electron chi connectivity index (χ2n) is 3.78. The van der Waals surface area contributed by atoms with Crippen LogP contribution in [0.25, 0.3) is 16.5 Å². The quantitative estimate of drug-likeness (QED) is 0.248. The van der Waals surface area contributed by atoms with Gasteiger partial charge < -0.3 is 0 Å². The third kappa shape index (κ3) is 4.13. The molecule has 0 N–H and O–H groups in total. The van der Waals surface area contributed by atoms with Crippen LogP contribution in [0.15, 0.2) is 29.4 Å². The van der Waals surface area contributed by atoms with Crippen LogP contribution in [0.4, 0.5) is 0 Å². The molecule has 0 aliphatic carbocycles. The number of nitrogens with zero attached hydrogens (tertiary/aromatic N) is 3. The summed E-state index contributed by atoms with van der Waals surface area (Å²) in [5.41, 5.74) is 10.9. The third-order valence-electron chi connectivity index (χ3n) is 2.40. The van der Waals surface area contributed by atoms with Gasteiger partial charge in [0.2, 0.25) is 0 Å². The van der Waals surface area contributed by atoms with E-state index in [2.05, 4.69) is 10.0 Å². The number of hydrogen-bond donors (Lipinski definition) is 0. The predicted molar refractivity (Wildman–Crippen MR) is 68.8 cm³/mol. The SMILES string of the molecule is CC(=O)c1ccc(C=CCCN=[N+]=[N-])cc1C. The number of rotatable bonds is 5. The van der Waals surface area contributed by atoms with Gasteiger partial charge in [0.1, 0.15) is 0 Å². The van der Waals surface area contributed by atoms with Gasteiger partial charge in [0.05, 0.1) is 0 Å². The predicted octanol–water partition coefficient (Wildman–Crippen LogP) is 3.91. The summed E-state index contributed by atoms with van der Waals surface area (Å²) in [7, 11) is 0. The normalized spacial score (nSPS) is 10.2. The van der Waals surface area contributed by atoms with Crippen molar-refractivity contribution in [1.29, 1.82) is 0 Å². The summed E-state index contributed by atoms with van der Waals surface area (Å²) >= 11 is 0. The highest BCUT2D eigenvalue weighted by Gasteiger charge is 2.02. The molecule has 0 saturated carbocycles. The molecule has 0 aliphatic heterocycles. The maximum atomic E-state index is 11.2. The number of hydrogen-bond acceptors (Lipinski definition) is 2. The summed E-state index contributed by atoms with van der Waals surface area (Å²) in [6, 6.07) is 5.72. The van der Waals surface area contributed by atoms with Crippen molar-refractivity contribution in [1.82, 2.24) is 0 Å². The van der Waals surface area contributed by atoms with Gasteiger partial charge in [0.25, 0.3) is 0 Å². The first-order valence-corrected chi connectivity index (χ1v) is 5.44. The second-order valence-corrected chi connectivity index (χ2v) is 3.78. The Kier molecular flexibility index (Phi) is 4.98. The Morgan fingerprint density at radius 3 is 2.88 bits per heavy atom. The van der Waals surface area contributed by atoms with Gasteiger partial charge in [-0.1, -0.05) is 35.5 Å². The lowest BCUT2D eigenvalue weighted by molar-refractivity contribution is 0.101. The van der Waals surface area contributed by atoms with E-state index in [0.717, 1.165) is 23.1 Å². The third-order valence-corrected chi connectivity index (χ3v) is 2.40. The van der Waals surface area contributed by atoms with Crippen LogP contribution in [0.2, 0.25) is 0 Å². The van der Waals surface area contributed by atoms with E-state index in [9.17, 15) is 4.79 Å². The van der Waals surface area contributed by atoms with E-state index in [0.29, 0.717) is 6.54 Å². The van der Waals surface area contributed by atoms with Crippen LogP contribution in [0.3, 0.4) is 0 Å².